The average molecular weight is 369 g/mol. The van der Waals surface area contributed by atoms with Crippen LogP contribution in [0.25, 0.3) is 0 Å². The van der Waals surface area contributed by atoms with E-state index < -0.39 is 0 Å². The second-order valence-electron chi connectivity index (χ2n) is 5.57. The largest absolute Gasteiger partial charge is 0.330 e. The number of nitrogens with two attached hydrogens (primary N) is 1. The van der Waals surface area contributed by atoms with Crippen molar-refractivity contribution in [3.05, 3.63) is 11.1 Å². The fourth-order valence-corrected chi connectivity index (χ4v) is 3.26. The third-order valence-corrected chi connectivity index (χ3v) is 4.34. The Labute approximate surface area is 148 Å². The number of amides is 1. The molecule has 1 saturated heterocycles. The third kappa shape index (κ3) is 7.24. The molecule has 1 fully saturated rings. The zero-order chi connectivity index (χ0) is 14.4. The van der Waals surface area contributed by atoms with Gasteiger partial charge in [0.15, 0.2) is 5.13 Å². The molecule has 2 heterocycles. The van der Waals surface area contributed by atoms with Crippen LogP contribution < -0.4 is 11.1 Å². The topological polar surface area (TPSA) is 71.2 Å². The van der Waals surface area contributed by atoms with Crippen LogP contribution in [-0.4, -0.2) is 35.4 Å². The molecule has 128 valence electrons. The van der Waals surface area contributed by atoms with Crippen molar-refractivity contribution < 1.29 is 4.79 Å². The minimum atomic E-state index is 0. The molecular weight excluding hydrogens is 343 g/mol. The summed E-state index contributed by atoms with van der Waals surface area (Å²) < 4.78 is 0. The van der Waals surface area contributed by atoms with E-state index in [2.05, 4.69) is 22.1 Å². The van der Waals surface area contributed by atoms with Crippen molar-refractivity contribution in [2.24, 2.45) is 11.7 Å². The Bertz CT molecular complexity index is 444. The second-order valence-corrected chi connectivity index (χ2v) is 6.43. The lowest BCUT2D eigenvalue weighted by molar-refractivity contribution is -0.116. The zero-order valence-corrected chi connectivity index (χ0v) is 15.4. The zero-order valence-electron chi connectivity index (χ0n) is 12.9. The lowest BCUT2D eigenvalue weighted by Gasteiger charge is -2.30. The molecular formula is C14H26Cl2N4OS. The van der Waals surface area contributed by atoms with Gasteiger partial charge in [0.05, 0.1) is 5.69 Å². The summed E-state index contributed by atoms with van der Waals surface area (Å²) >= 11 is 1.50. The maximum atomic E-state index is 11.6. The monoisotopic (exact) mass is 368 g/mol. The van der Waals surface area contributed by atoms with Crippen LogP contribution in [0.5, 0.6) is 0 Å². The van der Waals surface area contributed by atoms with Gasteiger partial charge in [0.1, 0.15) is 0 Å². The lowest BCUT2D eigenvalue weighted by Crippen LogP contribution is -2.33. The van der Waals surface area contributed by atoms with Crippen molar-refractivity contribution in [2.75, 3.05) is 25.0 Å². The van der Waals surface area contributed by atoms with E-state index in [0.717, 1.165) is 37.7 Å². The molecule has 1 amide bonds. The second kappa shape index (κ2) is 11.2. The van der Waals surface area contributed by atoms with Crippen LogP contribution in [-0.2, 0) is 11.3 Å². The maximum absolute atomic E-state index is 11.6. The highest BCUT2D eigenvalue weighted by Crippen LogP contribution is 2.21. The molecule has 0 saturated carbocycles. The van der Waals surface area contributed by atoms with Gasteiger partial charge in [-0.15, -0.1) is 36.2 Å². The van der Waals surface area contributed by atoms with Crippen molar-refractivity contribution in [3.63, 3.8) is 0 Å². The van der Waals surface area contributed by atoms with Crippen LogP contribution >= 0.6 is 36.2 Å². The Hall–Kier alpha value is -0.400. The maximum Gasteiger partial charge on any atom is 0.226 e. The molecule has 1 aliphatic rings. The van der Waals surface area contributed by atoms with Crippen molar-refractivity contribution in [2.45, 2.75) is 39.2 Å². The molecule has 2 rings (SSSR count). The summed E-state index contributed by atoms with van der Waals surface area (Å²) in [5.74, 6) is 0.778. The molecule has 1 unspecified atom stereocenters. The van der Waals surface area contributed by atoms with Crippen molar-refractivity contribution in [3.8, 4) is 0 Å². The van der Waals surface area contributed by atoms with E-state index in [1.165, 1.54) is 24.2 Å². The molecule has 0 radical (unpaired) electrons. The van der Waals surface area contributed by atoms with Crippen LogP contribution in [0.1, 0.15) is 38.3 Å². The Kier molecular flexibility index (Phi) is 11.0. The summed E-state index contributed by atoms with van der Waals surface area (Å²) in [6, 6.07) is 0. The average Bonchev–Trinajstić information content (AvgIpc) is 2.83. The number of likely N-dealkylation sites (tertiary alicyclic amines) is 1. The quantitative estimate of drug-likeness (QED) is 0.809. The number of hydrogen-bond acceptors (Lipinski definition) is 5. The SMILES string of the molecule is CC1CCCN(Cc2csc(NC(=O)CCCN)n2)C1.Cl.Cl. The fraction of sp³-hybridized carbons (Fsp3) is 0.714. The van der Waals surface area contributed by atoms with Crippen LogP contribution in [0.2, 0.25) is 0 Å². The molecule has 0 aliphatic carbocycles. The number of nitrogens with zero attached hydrogens (tertiary/aromatic N) is 2. The molecule has 0 aromatic carbocycles. The number of carbonyl (C=O) groups excluding carboxylic acids is 1. The van der Waals surface area contributed by atoms with Gasteiger partial charge in [-0.25, -0.2) is 4.98 Å². The minimum Gasteiger partial charge on any atom is -0.330 e. The van der Waals surface area contributed by atoms with Crippen molar-refractivity contribution >= 4 is 47.2 Å². The van der Waals surface area contributed by atoms with Gasteiger partial charge in [-0.05, 0) is 38.3 Å². The Morgan fingerprint density at radius 1 is 1.55 bits per heavy atom. The number of carbonyl (C=O) groups is 1. The minimum absolute atomic E-state index is 0. The van der Waals surface area contributed by atoms with E-state index in [1.807, 2.05) is 5.38 Å². The third-order valence-electron chi connectivity index (χ3n) is 3.53. The first-order chi connectivity index (χ1) is 9.67. The van der Waals surface area contributed by atoms with Crippen LogP contribution in [0.4, 0.5) is 5.13 Å². The number of anilines is 1. The summed E-state index contributed by atoms with van der Waals surface area (Å²) in [5, 5.41) is 5.58. The predicted molar refractivity (Wildman–Crippen MR) is 97.2 cm³/mol. The molecule has 1 aliphatic heterocycles. The first kappa shape index (κ1) is 21.6. The summed E-state index contributed by atoms with van der Waals surface area (Å²) in [7, 11) is 0. The van der Waals surface area contributed by atoms with Crippen molar-refractivity contribution in [1.29, 1.82) is 0 Å². The van der Waals surface area contributed by atoms with E-state index in [0.29, 0.717) is 18.1 Å². The number of halogens is 2. The smallest absolute Gasteiger partial charge is 0.226 e. The number of nitrogens with one attached hydrogen (secondary N) is 1. The Balaban J connectivity index is 0.00000220. The van der Waals surface area contributed by atoms with Gasteiger partial charge in [-0.2, -0.15) is 0 Å². The number of hydrogen-bond donors (Lipinski definition) is 2. The Morgan fingerprint density at radius 3 is 3.00 bits per heavy atom. The predicted octanol–water partition coefficient (Wildman–Crippen LogP) is 2.90. The van der Waals surface area contributed by atoms with Gasteiger partial charge in [0, 0.05) is 24.9 Å². The highest BCUT2D eigenvalue weighted by molar-refractivity contribution is 7.13. The van der Waals surface area contributed by atoms with Crippen LogP contribution in [0.15, 0.2) is 5.38 Å². The molecule has 22 heavy (non-hydrogen) atoms. The normalized spacial score (nSPS) is 18.2. The van der Waals surface area contributed by atoms with Gasteiger partial charge in [0.2, 0.25) is 5.91 Å². The van der Waals surface area contributed by atoms with E-state index in [1.54, 1.807) is 0 Å². The number of rotatable bonds is 6. The molecule has 3 N–H and O–H groups in total. The van der Waals surface area contributed by atoms with Gasteiger partial charge in [-0.3, -0.25) is 9.69 Å². The summed E-state index contributed by atoms with van der Waals surface area (Å²) in [6.07, 6.45) is 3.79. The highest BCUT2D eigenvalue weighted by Gasteiger charge is 2.17. The number of piperidine rings is 1. The first-order valence-corrected chi connectivity index (χ1v) is 8.22. The van der Waals surface area contributed by atoms with Crippen molar-refractivity contribution in [1.82, 2.24) is 9.88 Å². The molecule has 5 nitrogen and oxygen atoms in total. The lowest BCUT2D eigenvalue weighted by atomic mass is 10.0. The molecule has 8 heteroatoms. The highest BCUT2D eigenvalue weighted by atomic mass is 35.5. The van der Waals surface area contributed by atoms with E-state index in [9.17, 15) is 4.79 Å². The molecule has 1 aromatic heterocycles. The standard InChI is InChI=1S/C14H24N4OS.2ClH/c1-11-4-3-7-18(8-11)9-12-10-20-14(16-12)17-13(19)5-2-6-15;;/h10-11H,2-9,15H2,1H3,(H,16,17,19);2*1H. The number of aromatic nitrogens is 1. The summed E-state index contributed by atoms with van der Waals surface area (Å²) in [4.78, 5) is 18.5. The van der Waals surface area contributed by atoms with Gasteiger partial charge in [0.25, 0.3) is 0 Å². The Morgan fingerprint density at radius 2 is 2.32 bits per heavy atom. The molecule has 1 atom stereocenters. The summed E-state index contributed by atoms with van der Waals surface area (Å²) in [5.41, 5.74) is 6.44. The van der Waals surface area contributed by atoms with Crippen LogP contribution in [0, 0.1) is 5.92 Å². The number of thiazole rings is 1. The van der Waals surface area contributed by atoms with E-state index in [4.69, 9.17) is 5.73 Å². The van der Waals surface area contributed by atoms with E-state index in [-0.39, 0.29) is 30.7 Å². The first-order valence-electron chi connectivity index (χ1n) is 7.34. The molecule has 0 spiro atoms. The van der Waals surface area contributed by atoms with Gasteiger partial charge >= 0.3 is 0 Å². The molecule has 1 aromatic rings. The van der Waals surface area contributed by atoms with E-state index >= 15 is 0 Å². The summed E-state index contributed by atoms with van der Waals surface area (Å²) in [6.45, 7) is 6.04. The van der Waals surface area contributed by atoms with Crippen LogP contribution in [0.3, 0.4) is 0 Å². The fourth-order valence-electron chi connectivity index (χ4n) is 2.54. The van der Waals surface area contributed by atoms with Gasteiger partial charge < -0.3 is 11.1 Å². The molecule has 0 bridgehead atoms. The van der Waals surface area contributed by atoms with Gasteiger partial charge in [-0.1, -0.05) is 6.92 Å².